The molecule has 1 aromatic carbocycles. The van der Waals surface area contributed by atoms with Crippen molar-refractivity contribution in [2.75, 3.05) is 20.8 Å². The average molecular weight is 244 g/mol. The van der Waals surface area contributed by atoms with Crippen LogP contribution in [0.25, 0.3) is 0 Å². The lowest BCUT2D eigenvalue weighted by Crippen LogP contribution is -2.12. The second-order valence-corrected chi connectivity index (χ2v) is 4.06. The first kappa shape index (κ1) is 13.3. The maximum absolute atomic E-state index is 6.08. The van der Waals surface area contributed by atoms with E-state index in [2.05, 4.69) is 0 Å². The monoisotopic (exact) mass is 243 g/mol. The molecule has 0 aromatic heterocycles. The molecule has 1 aromatic rings. The SMILES string of the molecule is COCCCC(N)c1ccc(Cl)cc1OC. The van der Waals surface area contributed by atoms with Gasteiger partial charge in [-0.05, 0) is 25.0 Å². The second-order valence-electron chi connectivity index (χ2n) is 3.63. The Morgan fingerprint density at radius 2 is 2.12 bits per heavy atom. The van der Waals surface area contributed by atoms with Crippen molar-refractivity contribution in [1.29, 1.82) is 0 Å². The van der Waals surface area contributed by atoms with E-state index in [4.69, 9.17) is 26.8 Å². The van der Waals surface area contributed by atoms with Gasteiger partial charge in [-0.15, -0.1) is 0 Å². The Labute approximate surface area is 101 Å². The minimum atomic E-state index is -0.0395. The largest absolute Gasteiger partial charge is 0.496 e. The van der Waals surface area contributed by atoms with Gasteiger partial charge in [0.05, 0.1) is 7.11 Å². The maximum atomic E-state index is 6.08. The van der Waals surface area contributed by atoms with Gasteiger partial charge in [0, 0.05) is 30.3 Å². The third-order valence-corrected chi connectivity index (χ3v) is 2.69. The molecule has 0 fully saturated rings. The first-order valence-corrected chi connectivity index (χ1v) is 5.64. The molecule has 1 atom stereocenters. The Morgan fingerprint density at radius 3 is 2.75 bits per heavy atom. The summed E-state index contributed by atoms with van der Waals surface area (Å²) in [7, 11) is 3.31. The summed E-state index contributed by atoms with van der Waals surface area (Å²) in [5, 5.41) is 0.657. The van der Waals surface area contributed by atoms with E-state index in [0.29, 0.717) is 5.02 Å². The lowest BCUT2D eigenvalue weighted by Gasteiger charge is -2.15. The van der Waals surface area contributed by atoms with Gasteiger partial charge in [-0.25, -0.2) is 0 Å². The standard InChI is InChI=1S/C12H18ClNO2/c1-15-7-3-4-11(14)10-6-5-9(13)8-12(10)16-2/h5-6,8,11H,3-4,7,14H2,1-2H3. The minimum absolute atomic E-state index is 0.0395. The fourth-order valence-corrected chi connectivity index (χ4v) is 1.76. The Balaban J connectivity index is 2.70. The number of methoxy groups -OCH3 is 2. The molecular weight excluding hydrogens is 226 g/mol. The third kappa shape index (κ3) is 3.67. The molecular formula is C12H18ClNO2. The molecule has 4 heteroatoms. The fraction of sp³-hybridized carbons (Fsp3) is 0.500. The molecule has 2 N–H and O–H groups in total. The van der Waals surface area contributed by atoms with Crippen LogP contribution in [0.15, 0.2) is 18.2 Å². The molecule has 90 valence electrons. The van der Waals surface area contributed by atoms with E-state index in [9.17, 15) is 0 Å². The van der Waals surface area contributed by atoms with E-state index < -0.39 is 0 Å². The lowest BCUT2D eigenvalue weighted by molar-refractivity contribution is 0.190. The van der Waals surface area contributed by atoms with Crippen LogP contribution >= 0.6 is 11.6 Å². The topological polar surface area (TPSA) is 44.5 Å². The highest BCUT2D eigenvalue weighted by atomic mass is 35.5. The van der Waals surface area contributed by atoms with Crippen LogP contribution in [-0.4, -0.2) is 20.8 Å². The van der Waals surface area contributed by atoms with Crippen LogP contribution in [0.1, 0.15) is 24.4 Å². The van der Waals surface area contributed by atoms with Crippen molar-refractivity contribution >= 4 is 11.6 Å². The second kappa shape index (κ2) is 6.74. The van der Waals surface area contributed by atoms with Crippen molar-refractivity contribution in [2.45, 2.75) is 18.9 Å². The first-order valence-electron chi connectivity index (χ1n) is 5.27. The van der Waals surface area contributed by atoms with E-state index >= 15 is 0 Å². The van der Waals surface area contributed by atoms with E-state index in [1.54, 1.807) is 20.3 Å². The summed E-state index contributed by atoms with van der Waals surface area (Å²) in [6.45, 7) is 0.726. The first-order chi connectivity index (χ1) is 7.69. The highest BCUT2D eigenvalue weighted by molar-refractivity contribution is 6.30. The average Bonchev–Trinajstić information content (AvgIpc) is 2.29. The summed E-state index contributed by atoms with van der Waals surface area (Å²) < 4.78 is 10.3. The smallest absolute Gasteiger partial charge is 0.125 e. The van der Waals surface area contributed by atoms with Gasteiger partial charge >= 0.3 is 0 Å². The zero-order chi connectivity index (χ0) is 12.0. The Kier molecular flexibility index (Phi) is 5.60. The molecule has 0 aliphatic rings. The molecule has 1 unspecified atom stereocenters. The van der Waals surface area contributed by atoms with Crippen molar-refractivity contribution in [3.63, 3.8) is 0 Å². The predicted molar refractivity (Wildman–Crippen MR) is 66.0 cm³/mol. The van der Waals surface area contributed by atoms with Gasteiger partial charge in [0.15, 0.2) is 0 Å². The number of hydrogen-bond acceptors (Lipinski definition) is 3. The highest BCUT2D eigenvalue weighted by Gasteiger charge is 2.11. The van der Waals surface area contributed by atoms with Crippen molar-refractivity contribution < 1.29 is 9.47 Å². The summed E-state index contributed by atoms with van der Waals surface area (Å²) in [5.74, 6) is 0.748. The molecule has 0 heterocycles. The van der Waals surface area contributed by atoms with Gasteiger partial charge in [-0.1, -0.05) is 17.7 Å². The van der Waals surface area contributed by atoms with Crippen molar-refractivity contribution in [3.05, 3.63) is 28.8 Å². The quantitative estimate of drug-likeness (QED) is 0.782. The van der Waals surface area contributed by atoms with Crippen LogP contribution in [0, 0.1) is 0 Å². The molecule has 0 saturated heterocycles. The lowest BCUT2D eigenvalue weighted by atomic mass is 10.0. The van der Waals surface area contributed by atoms with Crippen molar-refractivity contribution in [1.82, 2.24) is 0 Å². The van der Waals surface area contributed by atoms with E-state index in [1.807, 2.05) is 12.1 Å². The number of ether oxygens (including phenoxy) is 2. The van der Waals surface area contributed by atoms with Crippen LogP contribution in [0.4, 0.5) is 0 Å². The summed E-state index contributed by atoms with van der Waals surface area (Å²) >= 11 is 5.89. The van der Waals surface area contributed by atoms with E-state index in [-0.39, 0.29) is 6.04 Å². The third-order valence-electron chi connectivity index (χ3n) is 2.46. The van der Waals surface area contributed by atoms with Crippen molar-refractivity contribution in [2.24, 2.45) is 5.73 Å². The number of benzene rings is 1. The van der Waals surface area contributed by atoms with Gasteiger partial charge in [0.1, 0.15) is 5.75 Å². The number of nitrogens with two attached hydrogens (primary N) is 1. The van der Waals surface area contributed by atoms with Gasteiger partial charge in [0.25, 0.3) is 0 Å². The summed E-state index contributed by atoms with van der Waals surface area (Å²) in [6, 6.07) is 5.49. The Bertz CT molecular complexity index is 331. The van der Waals surface area contributed by atoms with Crippen LogP contribution in [0.2, 0.25) is 5.02 Å². The summed E-state index contributed by atoms with van der Waals surface area (Å²) in [5.41, 5.74) is 7.07. The molecule has 0 aliphatic heterocycles. The van der Waals surface area contributed by atoms with Crippen LogP contribution in [-0.2, 0) is 4.74 Å². The number of rotatable bonds is 6. The maximum Gasteiger partial charge on any atom is 0.125 e. The van der Waals surface area contributed by atoms with Crippen LogP contribution in [0.3, 0.4) is 0 Å². The Morgan fingerprint density at radius 1 is 1.38 bits per heavy atom. The molecule has 0 radical (unpaired) electrons. The molecule has 0 aliphatic carbocycles. The number of halogens is 1. The van der Waals surface area contributed by atoms with Crippen LogP contribution < -0.4 is 10.5 Å². The normalized spacial score (nSPS) is 12.5. The van der Waals surface area contributed by atoms with Gasteiger partial charge in [-0.2, -0.15) is 0 Å². The number of hydrogen-bond donors (Lipinski definition) is 1. The van der Waals surface area contributed by atoms with Gasteiger partial charge in [0.2, 0.25) is 0 Å². The molecule has 0 bridgehead atoms. The van der Waals surface area contributed by atoms with E-state index in [1.165, 1.54) is 0 Å². The molecule has 1 rings (SSSR count). The predicted octanol–water partition coefficient (Wildman–Crippen LogP) is 2.78. The summed E-state index contributed by atoms with van der Waals surface area (Å²) in [4.78, 5) is 0. The van der Waals surface area contributed by atoms with Crippen molar-refractivity contribution in [3.8, 4) is 5.75 Å². The van der Waals surface area contributed by atoms with Gasteiger partial charge in [-0.3, -0.25) is 0 Å². The van der Waals surface area contributed by atoms with Gasteiger partial charge < -0.3 is 15.2 Å². The molecule has 3 nitrogen and oxygen atoms in total. The molecule has 0 amide bonds. The van der Waals surface area contributed by atoms with E-state index in [0.717, 1.165) is 30.8 Å². The fourth-order valence-electron chi connectivity index (χ4n) is 1.59. The zero-order valence-electron chi connectivity index (χ0n) is 9.70. The molecule has 0 spiro atoms. The van der Waals surface area contributed by atoms with Crippen LogP contribution in [0.5, 0.6) is 5.75 Å². The molecule has 16 heavy (non-hydrogen) atoms. The summed E-state index contributed by atoms with van der Waals surface area (Å²) in [6.07, 6.45) is 1.80. The zero-order valence-corrected chi connectivity index (χ0v) is 10.5. The minimum Gasteiger partial charge on any atom is -0.496 e. The molecule has 0 saturated carbocycles. The highest BCUT2D eigenvalue weighted by Crippen LogP contribution is 2.29. The Hall–Kier alpha value is -0.770.